The zero-order valence-corrected chi connectivity index (χ0v) is 20.8. The average Bonchev–Trinajstić information content (AvgIpc) is 3.32. The van der Waals surface area contributed by atoms with E-state index in [9.17, 15) is 14.4 Å². The standard InChI is InChI=1S/C28H26N4O6/c1-36-24-14-13-19(17-25(24)37-2)15-16-29-27(34)22(30-26(33)20-9-5-3-6-10-20)18-23-28(35)38-31-32(23)21-11-7-4-8-12-21/h3-14,17-18,31H,15-16H2,1-2H3,(H,29,34)/b23-18+,30-22?. The van der Waals surface area contributed by atoms with E-state index in [0.717, 1.165) is 5.56 Å². The molecule has 194 valence electrons. The zero-order chi connectivity index (χ0) is 26.9. The summed E-state index contributed by atoms with van der Waals surface area (Å²) in [5.41, 5.74) is 4.04. The molecule has 0 bridgehead atoms. The molecule has 38 heavy (non-hydrogen) atoms. The van der Waals surface area contributed by atoms with Crippen molar-refractivity contribution in [2.75, 3.05) is 25.8 Å². The van der Waals surface area contributed by atoms with Gasteiger partial charge < -0.3 is 19.6 Å². The van der Waals surface area contributed by atoms with Crippen molar-refractivity contribution in [2.24, 2.45) is 4.99 Å². The highest BCUT2D eigenvalue weighted by atomic mass is 16.7. The number of carbonyl (C=O) groups is 3. The van der Waals surface area contributed by atoms with Gasteiger partial charge >= 0.3 is 5.97 Å². The van der Waals surface area contributed by atoms with Crippen molar-refractivity contribution < 1.29 is 28.7 Å². The van der Waals surface area contributed by atoms with Crippen LogP contribution in [0.1, 0.15) is 15.9 Å². The Hall–Kier alpha value is -4.96. The van der Waals surface area contributed by atoms with E-state index in [1.807, 2.05) is 18.2 Å². The van der Waals surface area contributed by atoms with E-state index >= 15 is 0 Å². The van der Waals surface area contributed by atoms with Gasteiger partial charge in [-0.3, -0.25) is 9.59 Å². The van der Waals surface area contributed by atoms with E-state index in [4.69, 9.17) is 14.3 Å². The quantitative estimate of drug-likeness (QED) is 0.331. The third-order valence-electron chi connectivity index (χ3n) is 5.59. The van der Waals surface area contributed by atoms with Crippen molar-refractivity contribution in [3.8, 4) is 11.5 Å². The summed E-state index contributed by atoms with van der Waals surface area (Å²) in [7, 11) is 3.10. The number of hydrogen-bond donors (Lipinski definition) is 2. The van der Waals surface area contributed by atoms with Gasteiger partial charge in [0.25, 0.3) is 11.8 Å². The van der Waals surface area contributed by atoms with Crippen LogP contribution in [0.2, 0.25) is 0 Å². The van der Waals surface area contributed by atoms with E-state index < -0.39 is 17.8 Å². The zero-order valence-electron chi connectivity index (χ0n) is 20.8. The predicted molar refractivity (Wildman–Crippen MR) is 141 cm³/mol. The van der Waals surface area contributed by atoms with Gasteiger partial charge in [0.15, 0.2) is 17.2 Å². The number of hydrazine groups is 1. The van der Waals surface area contributed by atoms with Gasteiger partial charge in [0.05, 0.1) is 19.9 Å². The first-order valence-corrected chi connectivity index (χ1v) is 11.7. The monoisotopic (exact) mass is 514 g/mol. The third-order valence-corrected chi connectivity index (χ3v) is 5.59. The van der Waals surface area contributed by atoms with E-state index in [1.165, 1.54) is 11.1 Å². The van der Waals surface area contributed by atoms with Crippen LogP contribution in [0.3, 0.4) is 0 Å². The SMILES string of the molecule is COc1ccc(CCNC(=O)C(/C=C2\C(=O)ONN2c2ccccc2)=NC(=O)c2ccccc2)cc1OC. The van der Waals surface area contributed by atoms with Crippen molar-refractivity contribution in [3.05, 3.63) is 102 Å². The topological polar surface area (TPSA) is 119 Å². The number of ether oxygens (including phenoxy) is 2. The molecule has 1 aliphatic rings. The summed E-state index contributed by atoms with van der Waals surface area (Å²) in [5, 5.41) is 4.13. The number of benzene rings is 3. The fraction of sp³-hybridized carbons (Fsp3) is 0.143. The van der Waals surface area contributed by atoms with Gasteiger partial charge in [-0.2, -0.15) is 0 Å². The van der Waals surface area contributed by atoms with Crippen molar-refractivity contribution in [1.29, 1.82) is 0 Å². The lowest BCUT2D eigenvalue weighted by atomic mass is 10.1. The molecule has 1 heterocycles. The lowest BCUT2D eigenvalue weighted by Gasteiger charge is -2.15. The Morgan fingerprint density at radius 3 is 2.34 bits per heavy atom. The molecular formula is C28H26N4O6. The molecule has 3 aromatic rings. The van der Waals surface area contributed by atoms with Crippen LogP contribution in [0.15, 0.2) is 95.6 Å². The highest BCUT2D eigenvalue weighted by molar-refractivity contribution is 6.45. The Morgan fingerprint density at radius 2 is 1.66 bits per heavy atom. The van der Waals surface area contributed by atoms with Crippen LogP contribution in [-0.4, -0.2) is 44.3 Å². The summed E-state index contributed by atoms with van der Waals surface area (Å²) in [6.07, 6.45) is 1.70. The number of methoxy groups -OCH3 is 2. The number of anilines is 1. The number of hydrogen-bond acceptors (Lipinski definition) is 8. The van der Waals surface area contributed by atoms with E-state index in [0.29, 0.717) is 29.2 Å². The highest BCUT2D eigenvalue weighted by Gasteiger charge is 2.30. The van der Waals surface area contributed by atoms with Gasteiger partial charge in [-0.05, 0) is 48.4 Å². The van der Waals surface area contributed by atoms with Crippen LogP contribution in [-0.2, 0) is 20.8 Å². The number of para-hydroxylation sites is 1. The molecule has 0 spiro atoms. The van der Waals surface area contributed by atoms with Gasteiger partial charge in [-0.25, -0.2) is 14.8 Å². The number of nitrogens with zero attached hydrogens (tertiary/aromatic N) is 2. The minimum atomic E-state index is -0.730. The van der Waals surface area contributed by atoms with Crippen LogP contribution < -0.4 is 25.4 Å². The molecule has 0 aromatic heterocycles. The van der Waals surface area contributed by atoms with Gasteiger partial charge in [-0.15, -0.1) is 0 Å². The van der Waals surface area contributed by atoms with E-state index in [1.54, 1.807) is 74.9 Å². The Morgan fingerprint density at radius 1 is 0.974 bits per heavy atom. The average molecular weight is 515 g/mol. The smallest absolute Gasteiger partial charge is 0.376 e. The minimum absolute atomic E-state index is 0.00847. The summed E-state index contributed by atoms with van der Waals surface area (Å²) >= 11 is 0. The summed E-state index contributed by atoms with van der Waals surface area (Å²) in [6.45, 7) is 0.237. The number of amides is 2. The van der Waals surface area contributed by atoms with Crippen LogP contribution >= 0.6 is 0 Å². The fourth-order valence-electron chi connectivity index (χ4n) is 3.65. The Labute approximate surface area is 219 Å². The van der Waals surface area contributed by atoms with Crippen molar-refractivity contribution in [1.82, 2.24) is 10.9 Å². The molecule has 0 atom stereocenters. The summed E-state index contributed by atoms with van der Waals surface area (Å²) in [4.78, 5) is 47.5. The minimum Gasteiger partial charge on any atom is -0.493 e. The molecule has 0 aliphatic carbocycles. The molecule has 0 unspecified atom stereocenters. The second-order valence-electron chi connectivity index (χ2n) is 8.04. The van der Waals surface area contributed by atoms with Crippen molar-refractivity contribution in [2.45, 2.75) is 6.42 Å². The molecule has 10 nitrogen and oxygen atoms in total. The molecule has 0 saturated carbocycles. The Kier molecular flexibility index (Phi) is 8.47. The Balaban J connectivity index is 1.58. The molecule has 2 amide bonds. The molecule has 4 rings (SSSR count). The van der Waals surface area contributed by atoms with Crippen molar-refractivity contribution >= 4 is 29.2 Å². The molecule has 0 radical (unpaired) electrons. The highest BCUT2D eigenvalue weighted by Crippen LogP contribution is 2.27. The molecule has 10 heteroatoms. The molecule has 3 aromatic carbocycles. The molecule has 1 aliphatic heterocycles. The Bertz CT molecular complexity index is 1370. The second kappa shape index (κ2) is 12.3. The first-order valence-electron chi connectivity index (χ1n) is 11.7. The lowest BCUT2D eigenvalue weighted by molar-refractivity contribution is -0.140. The van der Waals surface area contributed by atoms with E-state index in [2.05, 4.69) is 15.9 Å². The van der Waals surface area contributed by atoms with E-state index in [-0.39, 0.29) is 18.0 Å². The number of nitrogens with one attached hydrogen (secondary N) is 2. The van der Waals surface area contributed by atoms with Gasteiger partial charge in [0, 0.05) is 18.2 Å². The first kappa shape index (κ1) is 26.1. The molecular weight excluding hydrogens is 488 g/mol. The number of aliphatic imine (C=N–C) groups is 1. The predicted octanol–water partition coefficient (Wildman–Crippen LogP) is 3.01. The van der Waals surface area contributed by atoms with Crippen LogP contribution in [0.4, 0.5) is 5.69 Å². The summed E-state index contributed by atoms with van der Waals surface area (Å²) < 4.78 is 10.6. The molecule has 2 N–H and O–H groups in total. The number of carbonyl (C=O) groups excluding carboxylic acids is 3. The second-order valence-corrected chi connectivity index (χ2v) is 8.04. The fourth-order valence-corrected chi connectivity index (χ4v) is 3.65. The third kappa shape index (κ3) is 6.23. The normalized spacial score (nSPS) is 14.3. The maximum Gasteiger partial charge on any atom is 0.376 e. The van der Waals surface area contributed by atoms with Crippen LogP contribution in [0.5, 0.6) is 11.5 Å². The lowest BCUT2D eigenvalue weighted by Crippen LogP contribution is -2.34. The van der Waals surface area contributed by atoms with Gasteiger partial charge in [0.2, 0.25) is 0 Å². The largest absolute Gasteiger partial charge is 0.493 e. The van der Waals surface area contributed by atoms with Crippen molar-refractivity contribution in [3.63, 3.8) is 0 Å². The maximum atomic E-state index is 13.2. The van der Waals surface area contributed by atoms with Gasteiger partial charge in [-0.1, -0.05) is 48.1 Å². The molecule has 1 saturated heterocycles. The molecule has 1 fully saturated rings. The maximum absolute atomic E-state index is 13.2. The van der Waals surface area contributed by atoms with Crippen LogP contribution in [0.25, 0.3) is 0 Å². The summed E-state index contributed by atoms with van der Waals surface area (Å²) in [6, 6.07) is 22.7. The number of rotatable bonds is 9. The van der Waals surface area contributed by atoms with Gasteiger partial charge in [0.1, 0.15) is 5.71 Å². The first-order chi connectivity index (χ1) is 18.5. The summed E-state index contributed by atoms with van der Waals surface area (Å²) in [5.74, 6) is -0.814. The van der Waals surface area contributed by atoms with Crippen LogP contribution in [0, 0.1) is 0 Å².